The Bertz CT molecular complexity index is 266. The van der Waals surface area contributed by atoms with E-state index in [1.807, 2.05) is 0 Å². The van der Waals surface area contributed by atoms with Crippen molar-refractivity contribution in [1.29, 1.82) is 0 Å². The second-order valence-corrected chi connectivity index (χ2v) is 5.35. The Morgan fingerprint density at radius 3 is 2.88 bits per heavy atom. The third kappa shape index (κ3) is 4.95. The van der Waals surface area contributed by atoms with Crippen LogP contribution in [0.3, 0.4) is 0 Å². The average Bonchev–Trinajstić information content (AvgIpc) is 2.81. The summed E-state index contributed by atoms with van der Waals surface area (Å²) in [6.07, 6.45) is 2.92. The van der Waals surface area contributed by atoms with Crippen LogP contribution in [0.1, 0.15) is 25.7 Å². The Hall–Kier alpha value is -0.750. The maximum absolute atomic E-state index is 11.8. The fourth-order valence-corrected chi connectivity index (χ4v) is 2.91. The van der Waals surface area contributed by atoms with Gasteiger partial charge >= 0.3 is 5.97 Å². The van der Waals surface area contributed by atoms with Gasteiger partial charge in [0.25, 0.3) is 0 Å². The van der Waals surface area contributed by atoms with Crippen LogP contribution in [0.2, 0.25) is 0 Å². The second kappa shape index (κ2) is 7.55. The van der Waals surface area contributed by atoms with Crippen molar-refractivity contribution >= 4 is 23.6 Å². The average molecular weight is 261 g/mol. The molecular formula is C11H19NO4S. The van der Waals surface area contributed by atoms with Crippen LogP contribution in [0.25, 0.3) is 0 Å². The molecule has 1 aliphatic heterocycles. The second-order valence-electron chi connectivity index (χ2n) is 4.04. The number of nitrogens with one attached hydrogen (secondary N) is 1. The molecule has 1 amide bonds. The van der Waals surface area contributed by atoms with Gasteiger partial charge in [-0.1, -0.05) is 0 Å². The van der Waals surface area contributed by atoms with E-state index in [1.54, 1.807) is 18.9 Å². The van der Waals surface area contributed by atoms with Gasteiger partial charge in [0.15, 0.2) is 0 Å². The minimum Gasteiger partial charge on any atom is -0.480 e. The molecule has 17 heavy (non-hydrogen) atoms. The summed E-state index contributed by atoms with van der Waals surface area (Å²) in [5, 5.41) is 11.5. The van der Waals surface area contributed by atoms with E-state index in [9.17, 15) is 9.59 Å². The predicted octanol–water partition coefficient (Wildman–Crippen LogP) is 0.878. The lowest BCUT2D eigenvalue weighted by Crippen LogP contribution is -2.44. The van der Waals surface area contributed by atoms with Crippen molar-refractivity contribution in [3.05, 3.63) is 0 Å². The lowest BCUT2D eigenvalue weighted by atomic mass is 10.1. The van der Waals surface area contributed by atoms with Gasteiger partial charge in [-0.05, 0) is 31.4 Å². The van der Waals surface area contributed by atoms with Crippen molar-refractivity contribution in [3.8, 4) is 0 Å². The summed E-state index contributed by atoms with van der Waals surface area (Å²) in [4.78, 5) is 22.7. The first-order valence-electron chi connectivity index (χ1n) is 5.79. The van der Waals surface area contributed by atoms with Crippen molar-refractivity contribution in [1.82, 2.24) is 5.32 Å². The van der Waals surface area contributed by atoms with Crippen molar-refractivity contribution in [2.24, 2.45) is 0 Å². The topological polar surface area (TPSA) is 75.6 Å². The summed E-state index contributed by atoms with van der Waals surface area (Å²) in [5.41, 5.74) is 0. The highest BCUT2D eigenvalue weighted by Gasteiger charge is 2.27. The molecule has 2 N–H and O–H groups in total. The molecule has 98 valence electrons. The molecule has 1 aliphatic rings. The van der Waals surface area contributed by atoms with E-state index in [0.717, 1.165) is 18.6 Å². The largest absolute Gasteiger partial charge is 0.480 e. The highest BCUT2D eigenvalue weighted by Crippen LogP contribution is 2.26. The summed E-state index contributed by atoms with van der Waals surface area (Å²) < 4.78 is 4.87. The molecule has 6 heteroatoms. The molecule has 0 bridgehead atoms. The quantitative estimate of drug-likeness (QED) is 0.665. The van der Waals surface area contributed by atoms with Gasteiger partial charge in [-0.3, -0.25) is 4.79 Å². The predicted molar refractivity (Wildman–Crippen MR) is 66.2 cm³/mol. The third-order valence-electron chi connectivity index (χ3n) is 2.68. The number of carbonyl (C=O) groups excluding carboxylic acids is 1. The monoisotopic (exact) mass is 261 g/mol. The number of thioether (sulfide) groups is 1. The molecule has 1 rings (SSSR count). The van der Waals surface area contributed by atoms with Crippen molar-refractivity contribution in [2.45, 2.75) is 37.0 Å². The van der Waals surface area contributed by atoms with E-state index in [-0.39, 0.29) is 11.2 Å². The Morgan fingerprint density at radius 1 is 1.59 bits per heavy atom. The van der Waals surface area contributed by atoms with E-state index < -0.39 is 12.0 Å². The van der Waals surface area contributed by atoms with Gasteiger partial charge < -0.3 is 15.2 Å². The highest BCUT2D eigenvalue weighted by atomic mass is 32.2. The van der Waals surface area contributed by atoms with E-state index in [0.29, 0.717) is 19.4 Å². The minimum atomic E-state index is -0.975. The first kappa shape index (κ1) is 14.3. The van der Waals surface area contributed by atoms with Gasteiger partial charge in [0.1, 0.15) is 6.04 Å². The smallest absolute Gasteiger partial charge is 0.326 e. The molecule has 0 saturated carbocycles. The number of methoxy groups -OCH3 is 1. The van der Waals surface area contributed by atoms with Gasteiger partial charge in [0.2, 0.25) is 5.91 Å². The first-order valence-corrected chi connectivity index (χ1v) is 6.83. The van der Waals surface area contributed by atoms with Crippen molar-refractivity contribution in [2.75, 3.05) is 19.5 Å². The Labute approximate surface area is 105 Å². The molecule has 0 aromatic rings. The van der Waals surface area contributed by atoms with E-state index in [1.165, 1.54) is 0 Å². The number of amides is 1. The molecule has 0 aromatic heterocycles. The number of hydrogen-bond acceptors (Lipinski definition) is 4. The maximum Gasteiger partial charge on any atom is 0.326 e. The molecule has 1 saturated heterocycles. The lowest BCUT2D eigenvalue weighted by molar-refractivity contribution is -0.142. The zero-order chi connectivity index (χ0) is 12.7. The molecule has 0 radical (unpaired) electrons. The lowest BCUT2D eigenvalue weighted by Gasteiger charge is -2.16. The number of hydrogen-bond donors (Lipinski definition) is 2. The number of carboxylic acid groups (broad SMARTS) is 1. The van der Waals surface area contributed by atoms with Crippen LogP contribution in [0.4, 0.5) is 0 Å². The van der Waals surface area contributed by atoms with Crippen molar-refractivity contribution < 1.29 is 19.4 Å². The molecule has 1 heterocycles. The van der Waals surface area contributed by atoms with E-state index in [2.05, 4.69) is 5.32 Å². The first-order chi connectivity index (χ1) is 8.15. The number of carbonyl (C=O) groups is 2. The maximum atomic E-state index is 11.8. The standard InChI is InChI=1S/C11H19NO4S/c1-16-6-2-4-8(11(14)15)12-10(13)9-5-3-7-17-9/h8-9H,2-7H2,1H3,(H,12,13)(H,14,15). The molecule has 2 unspecified atom stereocenters. The fraction of sp³-hybridized carbons (Fsp3) is 0.818. The van der Waals surface area contributed by atoms with Gasteiger partial charge in [0, 0.05) is 13.7 Å². The van der Waals surface area contributed by atoms with E-state index >= 15 is 0 Å². The zero-order valence-corrected chi connectivity index (χ0v) is 10.8. The molecule has 1 fully saturated rings. The number of rotatable bonds is 7. The third-order valence-corrected chi connectivity index (χ3v) is 4.05. The SMILES string of the molecule is COCCCC(NC(=O)C1CCCS1)C(=O)O. The van der Waals surface area contributed by atoms with Crippen LogP contribution in [-0.2, 0) is 14.3 Å². The van der Waals surface area contributed by atoms with Crippen LogP contribution in [0, 0.1) is 0 Å². The number of aliphatic carboxylic acids is 1. The van der Waals surface area contributed by atoms with Crippen LogP contribution >= 0.6 is 11.8 Å². The van der Waals surface area contributed by atoms with Crippen LogP contribution < -0.4 is 5.32 Å². The summed E-state index contributed by atoms with van der Waals surface area (Å²) in [7, 11) is 1.57. The molecule has 0 aliphatic carbocycles. The molecule has 0 aromatic carbocycles. The number of carboxylic acids is 1. The van der Waals surface area contributed by atoms with Gasteiger partial charge in [-0.15, -0.1) is 11.8 Å². The minimum absolute atomic E-state index is 0.0701. The Balaban J connectivity index is 2.36. The van der Waals surface area contributed by atoms with Crippen LogP contribution in [0.5, 0.6) is 0 Å². The fourth-order valence-electron chi connectivity index (χ4n) is 1.74. The summed E-state index contributed by atoms with van der Waals surface area (Å²) in [6.45, 7) is 0.512. The van der Waals surface area contributed by atoms with E-state index in [4.69, 9.17) is 9.84 Å². The van der Waals surface area contributed by atoms with Gasteiger partial charge in [0.05, 0.1) is 5.25 Å². The normalized spacial score (nSPS) is 21.1. The Morgan fingerprint density at radius 2 is 2.35 bits per heavy atom. The van der Waals surface area contributed by atoms with Crippen LogP contribution in [0.15, 0.2) is 0 Å². The van der Waals surface area contributed by atoms with Gasteiger partial charge in [-0.25, -0.2) is 4.79 Å². The molecule has 5 nitrogen and oxygen atoms in total. The highest BCUT2D eigenvalue weighted by molar-refractivity contribution is 8.00. The Kier molecular flexibility index (Phi) is 6.36. The summed E-state index contributed by atoms with van der Waals surface area (Å²) in [5.74, 6) is -0.130. The van der Waals surface area contributed by atoms with Gasteiger partial charge in [-0.2, -0.15) is 0 Å². The van der Waals surface area contributed by atoms with Crippen LogP contribution in [-0.4, -0.2) is 47.7 Å². The summed E-state index contributed by atoms with van der Waals surface area (Å²) >= 11 is 1.60. The molecule has 0 spiro atoms. The zero-order valence-electron chi connectivity index (χ0n) is 9.98. The molecule has 2 atom stereocenters. The molecular weight excluding hydrogens is 242 g/mol. The van der Waals surface area contributed by atoms with Crippen molar-refractivity contribution in [3.63, 3.8) is 0 Å². The summed E-state index contributed by atoms with van der Waals surface area (Å²) in [6, 6.07) is -0.793. The number of ether oxygens (including phenoxy) is 1.